The fourth-order valence-corrected chi connectivity index (χ4v) is 2.28. The summed E-state index contributed by atoms with van der Waals surface area (Å²) in [6.07, 6.45) is 3.79. The van der Waals surface area contributed by atoms with Crippen molar-refractivity contribution in [2.45, 2.75) is 20.0 Å². The van der Waals surface area contributed by atoms with Crippen LogP contribution in [0.2, 0.25) is 0 Å². The molecule has 0 spiro atoms. The molecule has 0 bridgehead atoms. The third kappa shape index (κ3) is 3.18. The lowest BCUT2D eigenvalue weighted by molar-refractivity contribution is 0.557. The topological polar surface area (TPSA) is 29.9 Å². The van der Waals surface area contributed by atoms with Gasteiger partial charge in [0.2, 0.25) is 0 Å². The van der Waals surface area contributed by atoms with Crippen molar-refractivity contribution in [1.29, 1.82) is 0 Å². The molecule has 0 fully saturated rings. The minimum absolute atomic E-state index is 0.928. The molecule has 2 heterocycles. The molecule has 0 amide bonds. The molecule has 3 nitrogen and oxygen atoms in total. The highest BCUT2D eigenvalue weighted by molar-refractivity contribution is 7.11. The van der Waals surface area contributed by atoms with Crippen molar-refractivity contribution in [3.63, 3.8) is 0 Å². The minimum Gasteiger partial charge on any atom is -0.310 e. The van der Waals surface area contributed by atoms with Crippen LogP contribution in [0.4, 0.5) is 0 Å². The van der Waals surface area contributed by atoms with E-state index in [1.54, 1.807) is 0 Å². The molecule has 0 saturated carbocycles. The zero-order valence-corrected chi connectivity index (χ0v) is 9.63. The monoisotopic (exact) mass is 221 g/mol. The van der Waals surface area contributed by atoms with E-state index >= 15 is 0 Å². The van der Waals surface area contributed by atoms with Gasteiger partial charge >= 0.3 is 0 Å². The predicted octanol–water partition coefficient (Wildman–Crippen LogP) is 2.04. The van der Waals surface area contributed by atoms with Crippen molar-refractivity contribution in [2.75, 3.05) is 6.54 Å². The van der Waals surface area contributed by atoms with Gasteiger partial charge in [0.05, 0.1) is 6.54 Å². The van der Waals surface area contributed by atoms with Gasteiger partial charge in [0.25, 0.3) is 0 Å². The van der Waals surface area contributed by atoms with Crippen molar-refractivity contribution in [2.24, 2.45) is 0 Å². The van der Waals surface area contributed by atoms with Gasteiger partial charge in [-0.25, -0.2) is 0 Å². The molecule has 0 aliphatic rings. The zero-order chi connectivity index (χ0) is 10.5. The van der Waals surface area contributed by atoms with E-state index in [-0.39, 0.29) is 0 Å². The predicted molar refractivity (Wildman–Crippen MR) is 63.0 cm³/mol. The zero-order valence-electron chi connectivity index (χ0n) is 8.81. The summed E-state index contributed by atoms with van der Waals surface area (Å²) in [5.41, 5.74) is 0. The van der Waals surface area contributed by atoms with Crippen molar-refractivity contribution in [3.05, 3.63) is 40.3 Å². The van der Waals surface area contributed by atoms with Gasteiger partial charge in [-0.2, -0.15) is 5.10 Å². The van der Waals surface area contributed by atoms with E-state index in [4.69, 9.17) is 0 Å². The first kappa shape index (κ1) is 10.4. The second-order valence-electron chi connectivity index (χ2n) is 3.46. The molecule has 0 unspecified atom stereocenters. The van der Waals surface area contributed by atoms with Crippen LogP contribution in [0.5, 0.6) is 0 Å². The first-order valence-corrected chi connectivity index (χ1v) is 5.90. The number of nitrogens with one attached hydrogen (secondary N) is 1. The maximum atomic E-state index is 4.14. The summed E-state index contributed by atoms with van der Waals surface area (Å²) in [5, 5.41) is 7.55. The SMILES string of the molecule is Cc1ccc(CNCCn2cccn2)s1. The molecular formula is C11H15N3S. The Bertz CT molecular complexity index is 392. The molecule has 15 heavy (non-hydrogen) atoms. The maximum Gasteiger partial charge on any atom is 0.0534 e. The Hall–Kier alpha value is -1.13. The van der Waals surface area contributed by atoms with Crippen molar-refractivity contribution >= 4 is 11.3 Å². The van der Waals surface area contributed by atoms with Crippen LogP contribution in [0.1, 0.15) is 9.75 Å². The third-order valence-electron chi connectivity index (χ3n) is 2.17. The van der Waals surface area contributed by atoms with Crippen LogP contribution in [-0.4, -0.2) is 16.3 Å². The average Bonchev–Trinajstić information content (AvgIpc) is 2.84. The van der Waals surface area contributed by atoms with Gasteiger partial charge in [0.15, 0.2) is 0 Å². The van der Waals surface area contributed by atoms with Gasteiger partial charge < -0.3 is 5.32 Å². The summed E-state index contributed by atoms with van der Waals surface area (Å²) < 4.78 is 1.94. The molecule has 0 saturated heterocycles. The highest BCUT2D eigenvalue weighted by Crippen LogP contribution is 2.14. The van der Waals surface area contributed by atoms with E-state index in [1.807, 2.05) is 34.5 Å². The molecule has 2 aromatic heterocycles. The molecule has 4 heteroatoms. The Morgan fingerprint density at radius 1 is 1.47 bits per heavy atom. The summed E-state index contributed by atoms with van der Waals surface area (Å²) in [6.45, 7) is 4.98. The lowest BCUT2D eigenvalue weighted by atomic mass is 10.4. The van der Waals surface area contributed by atoms with Gasteiger partial charge in [0.1, 0.15) is 0 Å². The number of aryl methyl sites for hydroxylation is 1. The van der Waals surface area contributed by atoms with E-state index < -0.39 is 0 Å². The molecule has 0 aliphatic heterocycles. The minimum atomic E-state index is 0.928. The van der Waals surface area contributed by atoms with Crippen LogP contribution in [0.25, 0.3) is 0 Å². The van der Waals surface area contributed by atoms with Gasteiger partial charge in [-0.05, 0) is 25.1 Å². The smallest absolute Gasteiger partial charge is 0.0534 e. The highest BCUT2D eigenvalue weighted by atomic mass is 32.1. The van der Waals surface area contributed by atoms with E-state index in [9.17, 15) is 0 Å². The molecular weight excluding hydrogens is 206 g/mol. The Kier molecular flexibility index (Phi) is 3.53. The summed E-state index contributed by atoms with van der Waals surface area (Å²) in [5.74, 6) is 0. The molecule has 80 valence electrons. The second-order valence-corrected chi connectivity index (χ2v) is 4.83. The number of aromatic nitrogens is 2. The Labute approximate surface area is 93.7 Å². The second kappa shape index (κ2) is 5.09. The lowest BCUT2D eigenvalue weighted by Crippen LogP contribution is -2.19. The first-order valence-electron chi connectivity index (χ1n) is 5.08. The quantitative estimate of drug-likeness (QED) is 0.783. The number of hydrogen-bond acceptors (Lipinski definition) is 3. The number of nitrogens with zero attached hydrogens (tertiary/aromatic N) is 2. The van der Waals surface area contributed by atoms with E-state index in [1.165, 1.54) is 9.75 Å². The van der Waals surface area contributed by atoms with Gasteiger partial charge in [-0.1, -0.05) is 0 Å². The van der Waals surface area contributed by atoms with Crippen LogP contribution in [0, 0.1) is 6.92 Å². The van der Waals surface area contributed by atoms with Crippen molar-refractivity contribution in [1.82, 2.24) is 15.1 Å². The van der Waals surface area contributed by atoms with Crippen molar-refractivity contribution in [3.8, 4) is 0 Å². The van der Waals surface area contributed by atoms with E-state index in [0.717, 1.165) is 19.6 Å². The van der Waals surface area contributed by atoms with Gasteiger partial charge in [-0.3, -0.25) is 4.68 Å². The Morgan fingerprint density at radius 3 is 3.07 bits per heavy atom. The Morgan fingerprint density at radius 2 is 2.40 bits per heavy atom. The number of rotatable bonds is 5. The summed E-state index contributed by atoms with van der Waals surface area (Å²) in [6, 6.07) is 6.29. The molecule has 2 rings (SSSR count). The molecule has 0 atom stereocenters. The molecule has 0 aliphatic carbocycles. The van der Waals surface area contributed by atoms with Crippen LogP contribution in [-0.2, 0) is 13.1 Å². The van der Waals surface area contributed by atoms with Crippen LogP contribution >= 0.6 is 11.3 Å². The van der Waals surface area contributed by atoms with Crippen LogP contribution in [0.3, 0.4) is 0 Å². The van der Waals surface area contributed by atoms with Crippen LogP contribution < -0.4 is 5.32 Å². The fourth-order valence-electron chi connectivity index (χ4n) is 1.42. The fraction of sp³-hybridized carbons (Fsp3) is 0.364. The number of thiophene rings is 1. The Balaban J connectivity index is 1.67. The lowest BCUT2D eigenvalue weighted by Gasteiger charge is -2.03. The third-order valence-corrected chi connectivity index (χ3v) is 3.17. The maximum absolute atomic E-state index is 4.14. The molecule has 0 radical (unpaired) electrons. The number of hydrogen-bond donors (Lipinski definition) is 1. The molecule has 2 aromatic rings. The summed E-state index contributed by atoms with van der Waals surface area (Å²) in [4.78, 5) is 2.77. The largest absolute Gasteiger partial charge is 0.310 e. The van der Waals surface area contributed by atoms with Gasteiger partial charge in [-0.15, -0.1) is 11.3 Å². The highest BCUT2D eigenvalue weighted by Gasteiger charge is 1.96. The molecule has 1 N–H and O–H groups in total. The van der Waals surface area contributed by atoms with E-state index in [2.05, 4.69) is 29.5 Å². The summed E-state index contributed by atoms with van der Waals surface area (Å²) >= 11 is 1.85. The normalized spacial score (nSPS) is 10.7. The van der Waals surface area contributed by atoms with Gasteiger partial charge in [0, 0.05) is 35.2 Å². The van der Waals surface area contributed by atoms with Crippen LogP contribution in [0.15, 0.2) is 30.6 Å². The summed E-state index contributed by atoms with van der Waals surface area (Å²) in [7, 11) is 0. The standard InChI is InChI=1S/C11H15N3S/c1-10-3-4-11(15-10)9-12-6-8-14-7-2-5-13-14/h2-5,7,12H,6,8-9H2,1H3. The molecule has 0 aromatic carbocycles. The van der Waals surface area contributed by atoms with Crippen molar-refractivity contribution < 1.29 is 0 Å². The van der Waals surface area contributed by atoms with E-state index in [0.29, 0.717) is 0 Å². The average molecular weight is 221 g/mol. The first-order chi connectivity index (χ1) is 7.34.